The van der Waals surface area contributed by atoms with Gasteiger partial charge in [0, 0.05) is 42.1 Å². The highest BCUT2D eigenvalue weighted by Gasteiger charge is 2.49. The molecule has 1 aromatic heterocycles. The maximum absolute atomic E-state index is 13.0. The standard InChI is InChI=1S/C34H41N5O3/c1-33(42)20-34(35,21-33)26-14-12-24(13-15-26)31-28(23-6-4-3-5-7-23)19-29(37-38-31)36-30(40)18-22-8-16-27(17-9-22)39(2)32(41)25-10-11-25/h3-7,12-15,19,22,25,27,42H,8-11,16-18,20-21,35H2,1-2H3,(H,36,37,40)/t22-,27-,33-,34-. The van der Waals surface area contributed by atoms with Crippen molar-refractivity contribution in [1.82, 2.24) is 15.1 Å². The van der Waals surface area contributed by atoms with Crippen LogP contribution in [0.3, 0.4) is 0 Å². The molecule has 6 rings (SSSR count). The molecular weight excluding hydrogens is 526 g/mol. The number of nitrogens with two attached hydrogens (primary N) is 1. The molecule has 0 saturated heterocycles. The Kier molecular flexibility index (Phi) is 7.62. The first-order valence-electron chi connectivity index (χ1n) is 15.2. The summed E-state index contributed by atoms with van der Waals surface area (Å²) in [6, 6.07) is 20.2. The molecule has 3 aromatic rings. The Bertz CT molecular complexity index is 1440. The van der Waals surface area contributed by atoms with Gasteiger partial charge in [0.1, 0.15) is 5.69 Å². The van der Waals surface area contributed by atoms with Crippen molar-refractivity contribution in [2.75, 3.05) is 12.4 Å². The minimum atomic E-state index is -0.717. The van der Waals surface area contributed by atoms with Crippen LogP contribution in [-0.2, 0) is 15.1 Å². The van der Waals surface area contributed by atoms with Crippen LogP contribution in [0.4, 0.5) is 5.82 Å². The summed E-state index contributed by atoms with van der Waals surface area (Å²) >= 11 is 0. The van der Waals surface area contributed by atoms with Crippen LogP contribution < -0.4 is 11.1 Å². The first-order valence-corrected chi connectivity index (χ1v) is 15.2. The molecule has 3 aliphatic rings. The number of benzene rings is 2. The smallest absolute Gasteiger partial charge is 0.225 e. The maximum atomic E-state index is 13.0. The summed E-state index contributed by atoms with van der Waals surface area (Å²) in [6.07, 6.45) is 7.33. The summed E-state index contributed by atoms with van der Waals surface area (Å²) < 4.78 is 0. The monoisotopic (exact) mass is 567 g/mol. The van der Waals surface area contributed by atoms with Crippen LogP contribution in [0, 0.1) is 11.8 Å². The quantitative estimate of drug-likeness (QED) is 0.341. The van der Waals surface area contributed by atoms with E-state index < -0.39 is 11.1 Å². The van der Waals surface area contributed by atoms with Gasteiger partial charge >= 0.3 is 0 Å². The Morgan fingerprint density at radius 2 is 1.62 bits per heavy atom. The lowest BCUT2D eigenvalue weighted by Crippen LogP contribution is -2.58. The van der Waals surface area contributed by atoms with E-state index in [0.29, 0.717) is 36.9 Å². The van der Waals surface area contributed by atoms with Gasteiger partial charge in [-0.2, -0.15) is 0 Å². The molecule has 0 aliphatic heterocycles. The lowest BCUT2D eigenvalue weighted by atomic mass is 9.63. The van der Waals surface area contributed by atoms with Gasteiger partial charge in [0.2, 0.25) is 11.8 Å². The van der Waals surface area contributed by atoms with Gasteiger partial charge < -0.3 is 21.1 Å². The van der Waals surface area contributed by atoms with Gasteiger partial charge in [-0.15, -0.1) is 10.2 Å². The molecular formula is C34H41N5O3. The number of nitrogens with zero attached hydrogens (tertiary/aromatic N) is 3. The predicted molar refractivity (Wildman–Crippen MR) is 163 cm³/mol. The molecule has 3 fully saturated rings. The van der Waals surface area contributed by atoms with Gasteiger partial charge in [-0.25, -0.2) is 0 Å². The van der Waals surface area contributed by atoms with Crippen molar-refractivity contribution in [3.05, 3.63) is 66.2 Å². The Balaban J connectivity index is 1.13. The highest BCUT2D eigenvalue weighted by molar-refractivity contribution is 5.91. The number of nitrogens with one attached hydrogen (secondary N) is 1. The second-order valence-corrected chi connectivity index (χ2v) is 13.1. The van der Waals surface area contributed by atoms with Crippen LogP contribution >= 0.6 is 0 Å². The van der Waals surface area contributed by atoms with E-state index in [9.17, 15) is 14.7 Å². The van der Waals surface area contributed by atoms with Crippen LogP contribution in [0.5, 0.6) is 0 Å². The predicted octanol–water partition coefficient (Wildman–Crippen LogP) is 5.27. The normalized spacial score (nSPS) is 27.1. The second-order valence-electron chi connectivity index (χ2n) is 13.1. The van der Waals surface area contributed by atoms with Gasteiger partial charge in [-0.1, -0.05) is 54.6 Å². The first kappa shape index (κ1) is 28.5. The lowest BCUT2D eigenvalue weighted by molar-refractivity contribution is -0.134. The van der Waals surface area contributed by atoms with Crippen molar-refractivity contribution in [2.24, 2.45) is 17.6 Å². The Morgan fingerprint density at radius 1 is 0.952 bits per heavy atom. The van der Waals surface area contributed by atoms with E-state index in [0.717, 1.165) is 66.5 Å². The van der Waals surface area contributed by atoms with E-state index in [2.05, 4.69) is 15.5 Å². The minimum absolute atomic E-state index is 0.0594. The first-order chi connectivity index (χ1) is 20.1. The fourth-order valence-electron chi connectivity index (χ4n) is 6.97. The highest BCUT2D eigenvalue weighted by Crippen LogP contribution is 2.46. The molecule has 3 aliphatic carbocycles. The van der Waals surface area contributed by atoms with Gasteiger partial charge in [-0.3, -0.25) is 9.59 Å². The molecule has 0 radical (unpaired) electrons. The summed E-state index contributed by atoms with van der Waals surface area (Å²) in [7, 11) is 1.94. The zero-order chi connectivity index (χ0) is 29.5. The number of hydrogen-bond donors (Lipinski definition) is 3. The summed E-state index contributed by atoms with van der Waals surface area (Å²) in [5, 5.41) is 22.2. The van der Waals surface area contributed by atoms with Crippen LogP contribution in [0.25, 0.3) is 22.4 Å². The van der Waals surface area contributed by atoms with Crippen molar-refractivity contribution >= 4 is 17.6 Å². The molecule has 220 valence electrons. The number of rotatable bonds is 8. The molecule has 0 unspecified atom stereocenters. The van der Waals surface area contributed by atoms with E-state index in [1.54, 1.807) is 0 Å². The summed E-state index contributed by atoms with van der Waals surface area (Å²) in [5.74, 6) is 1.21. The van der Waals surface area contributed by atoms with Gasteiger partial charge in [0.05, 0.1) is 5.60 Å². The largest absolute Gasteiger partial charge is 0.390 e. The third kappa shape index (κ3) is 6.10. The number of aromatic nitrogens is 2. The van der Waals surface area contributed by atoms with Gasteiger partial charge in [0.25, 0.3) is 0 Å². The molecule has 8 heteroatoms. The Labute approximate surface area is 247 Å². The summed E-state index contributed by atoms with van der Waals surface area (Å²) in [6.45, 7) is 1.82. The molecule has 2 amide bonds. The van der Waals surface area contributed by atoms with E-state index >= 15 is 0 Å². The van der Waals surface area contributed by atoms with E-state index in [-0.39, 0.29) is 17.9 Å². The molecule has 0 atom stereocenters. The fraction of sp³-hybridized carbons (Fsp3) is 0.471. The SMILES string of the molecule is CN(C(=O)C1CC1)[C@H]1CC[C@H](CC(=O)Nc2cc(-c3ccccc3)c(-c3ccc([C@]4(N)C[C@](C)(O)C4)cc3)nn2)CC1. The zero-order valence-electron chi connectivity index (χ0n) is 24.6. The van der Waals surface area contributed by atoms with E-state index in [1.807, 2.05) is 79.5 Å². The molecule has 1 heterocycles. The summed E-state index contributed by atoms with van der Waals surface area (Å²) in [5.41, 5.74) is 9.79. The second kappa shape index (κ2) is 11.2. The van der Waals surface area contributed by atoms with Crippen LogP contribution in [0.2, 0.25) is 0 Å². The zero-order valence-corrected chi connectivity index (χ0v) is 24.6. The number of amides is 2. The molecule has 8 nitrogen and oxygen atoms in total. The average molecular weight is 568 g/mol. The summed E-state index contributed by atoms with van der Waals surface area (Å²) in [4.78, 5) is 27.4. The highest BCUT2D eigenvalue weighted by atomic mass is 16.3. The van der Waals surface area contributed by atoms with Crippen molar-refractivity contribution in [1.29, 1.82) is 0 Å². The average Bonchev–Trinajstić information content (AvgIpc) is 3.82. The number of hydrogen-bond acceptors (Lipinski definition) is 6. The van der Waals surface area contributed by atoms with Crippen molar-refractivity contribution in [3.8, 4) is 22.4 Å². The van der Waals surface area contributed by atoms with Gasteiger partial charge in [0.15, 0.2) is 5.82 Å². The van der Waals surface area contributed by atoms with E-state index in [1.165, 1.54) is 0 Å². The molecule has 4 N–H and O–H groups in total. The Hall–Kier alpha value is -3.62. The third-order valence-electron chi connectivity index (χ3n) is 9.38. The van der Waals surface area contributed by atoms with E-state index in [4.69, 9.17) is 5.73 Å². The number of carbonyl (C=O) groups excluding carboxylic acids is 2. The van der Waals surface area contributed by atoms with Crippen LogP contribution in [0.15, 0.2) is 60.7 Å². The maximum Gasteiger partial charge on any atom is 0.225 e. The number of carbonyl (C=O) groups is 2. The molecule has 0 bridgehead atoms. The lowest BCUT2D eigenvalue weighted by Gasteiger charge is -2.49. The number of aliphatic hydroxyl groups is 1. The van der Waals surface area contributed by atoms with Crippen LogP contribution in [0.1, 0.15) is 70.3 Å². The van der Waals surface area contributed by atoms with Gasteiger partial charge in [-0.05, 0) is 81.4 Å². The number of anilines is 1. The minimum Gasteiger partial charge on any atom is -0.390 e. The third-order valence-corrected chi connectivity index (χ3v) is 9.38. The molecule has 0 spiro atoms. The Morgan fingerprint density at radius 3 is 2.24 bits per heavy atom. The van der Waals surface area contributed by atoms with Crippen molar-refractivity contribution in [3.63, 3.8) is 0 Å². The topological polar surface area (TPSA) is 121 Å². The molecule has 42 heavy (non-hydrogen) atoms. The molecule has 3 saturated carbocycles. The van der Waals surface area contributed by atoms with Crippen molar-refractivity contribution < 1.29 is 14.7 Å². The van der Waals surface area contributed by atoms with Crippen LogP contribution in [-0.4, -0.2) is 50.7 Å². The van der Waals surface area contributed by atoms with Crippen molar-refractivity contribution in [2.45, 2.75) is 81.9 Å². The molecule has 2 aromatic carbocycles. The fourth-order valence-corrected chi connectivity index (χ4v) is 6.97.